The maximum absolute atomic E-state index is 12.9. The number of carbonyl (C=O) groups is 1. The molecule has 4 rings (SSSR count). The van der Waals surface area contributed by atoms with Gasteiger partial charge in [-0.2, -0.15) is 4.98 Å². The minimum atomic E-state index is 0.0228. The Morgan fingerprint density at radius 2 is 1.78 bits per heavy atom. The van der Waals surface area contributed by atoms with Crippen LogP contribution in [-0.4, -0.2) is 46.0 Å². The lowest BCUT2D eigenvalue weighted by atomic mass is 9.95. The van der Waals surface area contributed by atoms with Crippen LogP contribution in [0.2, 0.25) is 15.1 Å². The second kappa shape index (κ2) is 10.2. The Hall–Kier alpha value is -2.12. The summed E-state index contributed by atoms with van der Waals surface area (Å²) < 4.78 is 5.42. The Balaban J connectivity index is 1.29. The molecule has 1 aliphatic rings. The lowest BCUT2D eigenvalue weighted by Crippen LogP contribution is -2.40. The Labute approximate surface area is 202 Å². The molecule has 6 nitrogen and oxygen atoms in total. The SMILES string of the molecule is CN(Cc1ccc(Cl)cc1)C(=O)C1CCN(Cc2nc(-c3ccc(Cl)cc3Cl)no2)CC1. The van der Waals surface area contributed by atoms with Crippen molar-refractivity contribution in [1.29, 1.82) is 0 Å². The first-order valence-corrected chi connectivity index (χ1v) is 11.5. The Morgan fingerprint density at radius 3 is 2.47 bits per heavy atom. The molecule has 0 unspecified atom stereocenters. The number of benzene rings is 2. The predicted octanol–water partition coefficient (Wildman–Crippen LogP) is 5.57. The Kier molecular flexibility index (Phi) is 7.36. The number of halogens is 3. The van der Waals surface area contributed by atoms with Crippen molar-refractivity contribution in [2.24, 2.45) is 5.92 Å². The highest BCUT2D eigenvalue weighted by Gasteiger charge is 2.28. The van der Waals surface area contributed by atoms with Crippen molar-refractivity contribution in [3.05, 3.63) is 69.0 Å². The van der Waals surface area contributed by atoms with Crippen molar-refractivity contribution >= 4 is 40.7 Å². The first-order valence-electron chi connectivity index (χ1n) is 10.4. The largest absolute Gasteiger partial charge is 0.341 e. The third-order valence-corrected chi connectivity index (χ3v) is 6.44. The molecular weight excluding hydrogens is 471 g/mol. The van der Waals surface area contributed by atoms with Crippen molar-refractivity contribution in [3.63, 3.8) is 0 Å². The van der Waals surface area contributed by atoms with E-state index in [1.54, 1.807) is 23.1 Å². The zero-order valence-electron chi connectivity index (χ0n) is 17.6. The van der Waals surface area contributed by atoms with Crippen LogP contribution < -0.4 is 0 Å². The fraction of sp³-hybridized carbons (Fsp3) is 0.348. The quantitative estimate of drug-likeness (QED) is 0.449. The second-order valence-corrected chi connectivity index (χ2v) is 9.29. The monoisotopic (exact) mass is 492 g/mol. The van der Waals surface area contributed by atoms with Gasteiger partial charge in [-0.25, -0.2) is 0 Å². The van der Waals surface area contributed by atoms with Gasteiger partial charge in [0.2, 0.25) is 17.6 Å². The number of rotatable bonds is 6. The average molecular weight is 494 g/mol. The molecule has 168 valence electrons. The maximum Gasteiger partial charge on any atom is 0.241 e. The molecule has 2 aromatic carbocycles. The van der Waals surface area contributed by atoms with Crippen molar-refractivity contribution in [2.75, 3.05) is 20.1 Å². The minimum Gasteiger partial charge on any atom is -0.341 e. The van der Waals surface area contributed by atoms with Crippen LogP contribution in [0, 0.1) is 5.92 Å². The van der Waals surface area contributed by atoms with E-state index in [0.29, 0.717) is 45.4 Å². The second-order valence-electron chi connectivity index (χ2n) is 8.01. The molecule has 0 atom stereocenters. The predicted molar refractivity (Wildman–Crippen MR) is 126 cm³/mol. The number of piperidine rings is 1. The van der Waals surface area contributed by atoms with Crippen LogP contribution in [0.5, 0.6) is 0 Å². The van der Waals surface area contributed by atoms with Gasteiger partial charge in [0, 0.05) is 35.1 Å². The van der Waals surface area contributed by atoms with E-state index in [9.17, 15) is 4.79 Å². The van der Waals surface area contributed by atoms with Gasteiger partial charge in [0.15, 0.2) is 0 Å². The number of aromatic nitrogens is 2. The molecule has 0 radical (unpaired) electrons. The lowest BCUT2D eigenvalue weighted by Gasteiger charge is -2.32. The van der Waals surface area contributed by atoms with E-state index < -0.39 is 0 Å². The summed E-state index contributed by atoms with van der Waals surface area (Å²) >= 11 is 18.1. The van der Waals surface area contributed by atoms with Gasteiger partial charge in [-0.15, -0.1) is 0 Å². The highest BCUT2D eigenvalue weighted by Crippen LogP contribution is 2.29. The molecule has 1 aromatic heterocycles. The number of carbonyl (C=O) groups excluding carboxylic acids is 1. The molecule has 1 saturated heterocycles. The summed E-state index contributed by atoms with van der Waals surface area (Å²) in [7, 11) is 1.85. The minimum absolute atomic E-state index is 0.0228. The number of hydrogen-bond acceptors (Lipinski definition) is 5. The summed E-state index contributed by atoms with van der Waals surface area (Å²) in [4.78, 5) is 21.4. The molecule has 0 saturated carbocycles. The van der Waals surface area contributed by atoms with Crippen LogP contribution in [-0.2, 0) is 17.9 Å². The van der Waals surface area contributed by atoms with E-state index in [1.807, 2.05) is 31.3 Å². The van der Waals surface area contributed by atoms with Crippen molar-refractivity contribution in [1.82, 2.24) is 19.9 Å². The molecule has 32 heavy (non-hydrogen) atoms. The number of nitrogens with zero attached hydrogens (tertiary/aromatic N) is 4. The number of likely N-dealkylation sites (tertiary alicyclic amines) is 1. The Bertz CT molecular complexity index is 1080. The number of hydrogen-bond donors (Lipinski definition) is 0. The molecule has 0 bridgehead atoms. The normalized spacial score (nSPS) is 15.1. The zero-order valence-corrected chi connectivity index (χ0v) is 19.9. The van der Waals surface area contributed by atoms with E-state index in [2.05, 4.69) is 15.0 Å². The van der Waals surface area contributed by atoms with Gasteiger partial charge in [0.05, 0.1) is 11.6 Å². The fourth-order valence-corrected chi connectivity index (χ4v) is 4.50. The standard InChI is InChI=1S/C23H23Cl3N4O2/c1-29(13-15-2-4-17(24)5-3-15)23(31)16-8-10-30(11-9-16)14-21-27-22(28-32-21)19-7-6-18(25)12-20(19)26/h2-7,12,16H,8-11,13-14H2,1H3. The van der Waals surface area contributed by atoms with Crippen LogP contribution in [0.15, 0.2) is 47.0 Å². The smallest absolute Gasteiger partial charge is 0.241 e. The lowest BCUT2D eigenvalue weighted by molar-refractivity contribution is -0.136. The topological polar surface area (TPSA) is 62.5 Å². The van der Waals surface area contributed by atoms with E-state index >= 15 is 0 Å². The van der Waals surface area contributed by atoms with E-state index in [4.69, 9.17) is 39.3 Å². The fourth-order valence-electron chi connectivity index (χ4n) is 3.88. The van der Waals surface area contributed by atoms with Crippen LogP contribution in [0.3, 0.4) is 0 Å². The first-order chi connectivity index (χ1) is 15.4. The molecule has 0 aliphatic carbocycles. The summed E-state index contributed by atoms with van der Waals surface area (Å²) in [6.45, 7) is 2.71. The van der Waals surface area contributed by atoms with Gasteiger partial charge in [-0.3, -0.25) is 9.69 Å². The van der Waals surface area contributed by atoms with Crippen LogP contribution >= 0.6 is 34.8 Å². The van der Waals surface area contributed by atoms with Gasteiger partial charge in [-0.05, 0) is 61.8 Å². The molecule has 3 aromatic rings. The van der Waals surface area contributed by atoms with Gasteiger partial charge >= 0.3 is 0 Å². The third kappa shape index (κ3) is 5.62. The van der Waals surface area contributed by atoms with Gasteiger partial charge < -0.3 is 9.42 Å². The van der Waals surface area contributed by atoms with E-state index in [0.717, 1.165) is 31.5 Å². The summed E-state index contributed by atoms with van der Waals surface area (Å²) in [5.41, 5.74) is 1.75. The van der Waals surface area contributed by atoms with E-state index in [1.165, 1.54) is 0 Å². The third-order valence-electron chi connectivity index (χ3n) is 5.65. The summed E-state index contributed by atoms with van der Waals surface area (Å²) in [5.74, 6) is 1.16. The Morgan fingerprint density at radius 1 is 1.09 bits per heavy atom. The van der Waals surface area contributed by atoms with Crippen LogP contribution in [0.4, 0.5) is 0 Å². The summed E-state index contributed by atoms with van der Waals surface area (Å²) in [5, 5.41) is 5.77. The average Bonchev–Trinajstić information content (AvgIpc) is 3.23. The molecule has 1 amide bonds. The maximum atomic E-state index is 12.9. The molecule has 0 spiro atoms. The van der Waals surface area contributed by atoms with Crippen molar-refractivity contribution in [2.45, 2.75) is 25.9 Å². The molecule has 0 N–H and O–H groups in total. The summed E-state index contributed by atoms with van der Waals surface area (Å²) in [6, 6.07) is 12.8. The summed E-state index contributed by atoms with van der Waals surface area (Å²) in [6.07, 6.45) is 1.60. The highest BCUT2D eigenvalue weighted by molar-refractivity contribution is 6.36. The van der Waals surface area contributed by atoms with Crippen LogP contribution in [0.25, 0.3) is 11.4 Å². The van der Waals surface area contributed by atoms with Crippen molar-refractivity contribution in [3.8, 4) is 11.4 Å². The molecule has 1 aliphatic heterocycles. The van der Waals surface area contributed by atoms with Crippen LogP contribution in [0.1, 0.15) is 24.3 Å². The first kappa shape index (κ1) is 23.1. The molecule has 1 fully saturated rings. The molecular formula is C23H23Cl3N4O2. The van der Waals surface area contributed by atoms with Gasteiger partial charge in [0.25, 0.3) is 0 Å². The zero-order chi connectivity index (χ0) is 22.7. The molecule has 2 heterocycles. The van der Waals surface area contributed by atoms with Gasteiger partial charge in [0.1, 0.15) is 0 Å². The highest BCUT2D eigenvalue weighted by atomic mass is 35.5. The molecule has 9 heteroatoms. The van der Waals surface area contributed by atoms with Crippen molar-refractivity contribution < 1.29 is 9.32 Å². The van der Waals surface area contributed by atoms with Gasteiger partial charge in [-0.1, -0.05) is 52.1 Å². The number of amides is 1. The van der Waals surface area contributed by atoms with E-state index in [-0.39, 0.29) is 11.8 Å².